The Hall–Kier alpha value is -2.62. The molecule has 4 N–H and O–H groups in total. The normalized spacial score (nSPS) is 27.9. The third-order valence-electron chi connectivity index (χ3n) is 5.29. The van der Waals surface area contributed by atoms with Gasteiger partial charge in [0.1, 0.15) is 6.04 Å². The molecule has 3 heterocycles. The number of imide groups is 2. The molecule has 3 atom stereocenters. The molecule has 0 spiro atoms. The van der Waals surface area contributed by atoms with Crippen LogP contribution in [0.5, 0.6) is 0 Å². The van der Waals surface area contributed by atoms with Crippen molar-refractivity contribution in [3.8, 4) is 0 Å². The highest BCUT2D eigenvalue weighted by atomic mass is 16.3. The summed E-state index contributed by atoms with van der Waals surface area (Å²) < 4.78 is 0. The van der Waals surface area contributed by atoms with Gasteiger partial charge in [-0.1, -0.05) is 12.1 Å². The molecule has 0 bridgehead atoms. The Morgan fingerprint density at radius 2 is 1.96 bits per heavy atom. The van der Waals surface area contributed by atoms with E-state index in [2.05, 4.69) is 16.0 Å². The first kappa shape index (κ1) is 17.8. The highest BCUT2D eigenvalue weighted by Gasteiger charge is 2.45. The standard InChI is InChI=1S/C18H20N4O5/c23-13-8-19-7-11(13)20-6-9-2-1-3-10-15(9)18(27)22(17(10)26)12-4-5-14(24)21-16(12)25/h1-3,11-13,19-20,23H,4-8H2,(H,21,24,25)/t11-,12?,13-/m1/s1. The van der Waals surface area contributed by atoms with Gasteiger partial charge in [0.05, 0.1) is 17.2 Å². The van der Waals surface area contributed by atoms with Gasteiger partial charge in [-0.25, -0.2) is 0 Å². The number of aliphatic hydroxyl groups is 1. The number of amides is 4. The van der Waals surface area contributed by atoms with Crippen LogP contribution in [-0.2, 0) is 16.1 Å². The van der Waals surface area contributed by atoms with Gasteiger partial charge in [0, 0.05) is 32.1 Å². The molecule has 2 fully saturated rings. The van der Waals surface area contributed by atoms with E-state index in [9.17, 15) is 24.3 Å². The number of nitrogens with zero attached hydrogens (tertiary/aromatic N) is 1. The number of piperidine rings is 1. The highest BCUT2D eigenvalue weighted by Crippen LogP contribution is 2.30. The molecule has 9 heteroatoms. The Bertz CT molecular complexity index is 839. The number of carbonyl (C=O) groups excluding carboxylic acids is 4. The molecule has 0 aromatic heterocycles. The fraction of sp³-hybridized carbons (Fsp3) is 0.444. The number of aliphatic hydroxyl groups excluding tert-OH is 1. The van der Waals surface area contributed by atoms with Crippen molar-refractivity contribution >= 4 is 23.6 Å². The lowest BCUT2D eigenvalue weighted by Gasteiger charge is -2.27. The molecule has 142 valence electrons. The van der Waals surface area contributed by atoms with Gasteiger partial charge in [0.15, 0.2) is 0 Å². The Kier molecular flexibility index (Phi) is 4.50. The third-order valence-corrected chi connectivity index (χ3v) is 5.29. The van der Waals surface area contributed by atoms with Crippen LogP contribution in [0.1, 0.15) is 39.1 Å². The van der Waals surface area contributed by atoms with Gasteiger partial charge in [-0.3, -0.25) is 29.4 Å². The SMILES string of the molecule is O=C1CCC(N2C(=O)c3cccc(CN[C@@H]4CNC[C@H]4O)c3C2=O)C(=O)N1. The second-order valence-corrected chi connectivity index (χ2v) is 7.00. The van der Waals surface area contributed by atoms with Gasteiger partial charge < -0.3 is 15.7 Å². The van der Waals surface area contributed by atoms with E-state index in [1.807, 2.05) is 0 Å². The lowest BCUT2D eigenvalue weighted by molar-refractivity contribution is -0.136. The van der Waals surface area contributed by atoms with Crippen molar-refractivity contribution in [3.63, 3.8) is 0 Å². The number of β-amino-alcohol motifs (C(OH)–C–C–N with tert-alkyl or cyclic N) is 1. The van der Waals surface area contributed by atoms with Gasteiger partial charge in [0.2, 0.25) is 11.8 Å². The lowest BCUT2D eigenvalue weighted by Crippen LogP contribution is -2.54. The molecular formula is C18H20N4O5. The van der Waals surface area contributed by atoms with Crippen molar-refractivity contribution in [2.75, 3.05) is 13.1 Å². The third kappa shape index (κ3) is 3.03. The predicted molar refractivity (Wildman–Crippen MR) is 92.6 cm³/mol. The first-order chi connectivity index (χ1) is 13.0. The molecule has 0 radical (unpaired) electrons. The predicted octanol–water partition coefficient (Wildman–Crippen LogP) is -1.49. The first-order valence-electron chi connectivity index (χ1n) is 8.93. The van der Waals surface area contributed by atoms with Crippen molar-refractivity contribution < 1.29 is 24.3 Å². The minimum Gasteiger partial charge on any atom is -0.390 e. The van der Waals surface area contributed by atoms with Gasteiger partial charge in [-0.05, 0) is 18.1 Å². The number of benzene rings is 1. The molecule has 3 aliphatic rings. The number of hydrogen-bond acceptors (Lipinski definition) is 7. The van der Waals surface area contributed by atoms with Gasteiger partial charge >= 0.3 is 0 Å². The number of rotatable bonds is 4. The molecule has 0 aliphatic carbocycles. The zero-order chi connectivity index (χ0) is 19.1. The Labute approximate surface area is 155 Å². The molecule has 2 saturated heterocycles. The summed E-state index contributed by atoms with van der Waals surface area (Å²) in [4.78, 5) is 50.2. The van der Waals surface area contributed by atoms with E-state index in [1.54, 1.807) is 18.2 Å². The summed E-state index contributed by atoms with van der Waals surface area (Å²) in [5.74, 6) is -2.07. The van der Waals surface area contributed by atoms with Gasteiger partial charge in [-0.2, -0.15) is 0 Å². The molecule has 9 nitrogen and oxygen atoms in total. The Balaban J connectivity index is 1.58. The van der Waals surface area contributed by atoms with E-state index in [-0.39, 0.29) is 30.0 Å². The van der Waals surface area contributed by atoms with Crippen LogP contribution < -0.4 is 16.0 Å². The van der Waals surface area contributed by atoms with Crippen LogP contribution >= 0.6 is 0 Å². The summed E-state index contributed by atoms with van der Waals surface area (Å²) in [5, 5.41) is 18.4. The van der Waals surface area contributed by atoms with E-state index in [0.29, 0.717) is 25.2 Å². The van der Waals surface area contributed by atoms with Gasteiger partial charge in [-0.15, -0.1) is 0 Å². The van der Waals surface area contributed by atoms with Crippen molar-refractivity contribution in [2.45, 2.75) is 37.6 Å². The van der Waals surface area contributed by atoms with Crippen LogP contribution in [0.25, 0.3) is 0 Å². The van der Waals surface area contributed by atoms with Crippen LogP contribution in [0.15, 0.2) is 18.2 Å². The summed E-state index contributed by atoms with van der Waals surface area (Å²) in [5.41, 5.74) is 1.17. The minimum atomic E-state index is -0.975. The van der Waals surface area contributed by atoms with Crippen LogP contribution in [0.4, 0.5) is 0 Å². The Morgan fingerprint density at radius 3 is 2.67 bits per heavy atom. The zero-order valence-electron chi connectivity index (χ0n) is 14.5. The Morgan fingerprint density at radius 1 is 1.15 bits per heavy atom. The highest BCUT2D eigenvalue weighted by molar-refractivity contribution is 6.24. The van der Waals surface area contributed by atoms with Crippen LogP contribution in [0.3, 0.4) is 0 Å². The second-order valence-electron chi connectivity index (χ2n) is 7.00. The van der Waals surface area contributed by atoms with Crippen LogP contribution in [0, 0.1) is 0 Å². The molecular weight excluding hydrogens is 352 g/mol. The fourth-order valence-corrected chi connectivity index (χ4v) is 3.85. The monoisotopic (exact) mass is 372 g/mol. The molecule has 0 saturated carbocycles. The van der Waals surface area contributed by atoms with Crippen molar-refractivity contribution in [1.29, 1.82) is 0 Å². The molecule has 1 unspecified atom stereocenters. The number of carbonyl (C=O) groups is 4. The van der Waals surface area contributed by atoms with Crippen molar-refractivity contribution in [1.82, 2.24) is 20.9 Å². The lowest BCUT2D eigenvalue weighted by atomic mass is 10.0. The van der Waals surface area contributed by atoms with Crippen molar-refractivity contribution in [2.24, 2.45) is 0 Å². The summed E-state index contributed by atoms with van der Waals surface area (Å²) >= 11 is 0. The van der Waals surface area contributed by atoms with Crippen molar-refractivity contribution in [3.05, 3.63) is 34.9 Å². The molecule has 1 aromatic rings. The number of fused-ring (bicyclic) bond motifs is 1. The van der Waals surface area contributed by atoms with E-state index < -0.39 is 35.8 Å². The topological polar surface area (TPSA) is 128 Å². The molecule has 27 heavy (non-hydrogen) atoms. The molecule has 4 amide bonds. The van der Waals surface area contributed by atoms with Crippen LogP contribution in [-0.4, -0.2) is 64.9 Å². The average Bonchev–Trinajstić information content (AvgIpc) is 3.16. The minimum absolute atomic E-state index is 0.0881. The molecule has 4 rings (SSSR count). The maximum Gasteiger partial charge on any atom is 0.262 e. The van der Waals surface area contributed by atoms with E-state index in [1.165, 1.54) is 0 Å². The quantitative estimate of drug-likeness (QED) is 0.474. The first-order valence-corrected chi connectivity index (χ1v) is 8.93. The zero-order valence-corrected chi connectivity index (χ0v) is 14.5. The molecule has 3 aliphatic heterocycles. The van der Waals surface area contributed by atoms with E-state index >= 15 is 0 Å². The number of hydrogen-bond donors (Lipinski definition) is 4. The molecule has 1 aromatic carbocycles. The maximum atomic E-state index is 13.0. The smallest absolute Gasteiger partial charge is 0.262 e. The fourth-order valence-electron chi connectivity index (χ4n) is 3.85. The summed E-state index contributed by atoms with van der Waals surface area (Å²) in [6, 6.07) is 3.89. The summed E-state index contributed by atoms with van der Waals surface area (Å²) in [7, 11) is 0. The maximum absolute atomic E-state index is 13.0. The summed E-state index contributed by atoms with van der Waals surface area (Å²) in [6.07, 6.45) is -0.298. The van der Waals surface area contributed by atoms with E-state index in [0.717, 1.165) is 4.90 Å². The largest absolute Gasteiger partial charge is 0.390 e. The van der Waals surface area contributed by atoms with Gasteiger partial charge in [0.25, 0.3) is 11.8 Å². The average molecular weight is 372 g/mol. The number of nitrogens with one attached hydrogen (secondary N) is 3. The van der Waals surface area contributed by atoms with Crippen LogP contribution in [0.2, 0.25) is 0 Å². The van der Waals surface area contributed by atoms with E-state index in [4.69, 9.17) is 0 Å². The second kappa shape index (κ2) is 6.84. The summed E-state index contributed by atoms with van der Waals surface area (Å²) in [6.45, 7) is 1.44.